The van der Waals surface area contributed by atoms with Crippen LogP contribution in [0.3, 0.4) is 0 Å². The van der Waals surface area contributed by atoms with Crippen LogP contribution < -0.4 is 5.73 Å². The number of nitrogens with zero attached hydrogens (tertiary/aromatic N) is 3. The molecular formula is C10H14Cl2N4. The first-order valence-corrected chi connectivity index (χ1v) is 5.27. The van der Waals surface area contributed by atoms with Crippen molar-refractivity contribution in [1.82, 2.24) is 14.6 Å². The quantitative estimate of drug-likeness (QED) is 0.845. The summed E-state index contributed by atoms with van der Waals surface area (Å²) in [5, 5.41) is 4.87. The second-order valence-electron chi connectivity index (χ2n) is 3.60. The van der Waals surface area contributed by atoms with Crippen molar-refractivity contribution in [2.24, 2.45) is 5.73 Å². The molecule has 4 nitrogen and oxygen atoms in total. The summed E-state index contributed by atoms with van der Waals surface area (Å²) in [4.78, 5) is 4.22. The van der Waals surface area contributed by atoms with E-state index in [-0.39, 0.29) is 18.4 Å². The maximum atomic E-state index is 5.93. The molecule has 2 heterocycles. The Balaban J connectivity index is 0.00000128. The summed E-state index contributed by atoms with van der Waals surface area (Å²) < 4.78 is 1.71. The molecule has 0 amide bonds. The molecule has 0 spiro atoms. The summed E-state index contributed by atoms with van der Waals surface area (Å²) in [6.45, 7) is 3.93. The summed E-state index contributed by atoms with van der Waals surface area (Å²) in [5.74, 6) is 0. The van der Waals surface area contributed by atoms with Crippen LogP contribution in [0, 0.1) is 6.92 Å². The smallest absolute Gasteiger partial charge is 0.157 e. The van der Waals surface area contributed by atoms with Gasteiger partial charge < -0.3 is 5.73 Å². The predicted molar refractivity (Wildman–Crippen MR) is 67.2 cm³/mol. The first kappa shape index (κ1) is 13.2. The number of fused-ring (bicyclic) bond motifs is 1. The molecule has 0 unspecified atom stereocenters. The van der Waals surface area contributed by atoms with Gasteiger partial charge in [-0.25, -0.2) is 9.50 Å². The van der Waals surface area contributed by atoms with E-state index in [9.17, 15) is 0 Å². The minimum Gasteiger partial charge on any atom is -0.323 e. The number of nitrogens with two attached hydrogens (primary N) is 1. The van der Waals surface area contributed by atoms with Crippen LogP contribution in [-0.2, 0) is 0 Å². The zero-order chi connectivity index (χ0) is 11.0. The van der Waals surface area contributed by atoms with Crippen molar-refractivity contribution in [1.29, 1.82) is 0 Å². The minimum atomic E-state index is -0.0363. The third-order valence-corrected chi connectivity index (χ3v) is 2.79. The second kappa shape index (κ2) is 4.99. The van der Waals surface area contributed by atoms with Crippen LogP contribution in [0.1, 0.15) is 30.6 Å². The summed E-state index contributed by atoms with van der Waals surface area (Å²) in [6, 6.07) is 1.84. The van der Waals surface area contributed by atoms with Gasteiger partial charge in [-0.2, -0.15) is 5.10 Å². The molecule has 0 aliphatic rings. The molecule has 0 aromatic carbocycles. The average molecular weight is 261 g/mol. The Bertz CT molecular complexity index is 456. The fourth-order valence-corrected chi connectivity index (χ4v) is 1.53. The van der Waals surface area contributed by atoms with E-state index in [1.54, 1.807) is 4.52 Å². The van der Waals surface area contributed by atoms with Gasteiger partial charge in [-0.3, -0.25) is 0 Å². The van der Waals surface area contributed by atoms with Gasteiger partial charge in [0.2, 0.25) is 0 Å². The molecule has 0 aliphatic carbocycles. The van der Waals surface area contributed by atoms with Gasteiger partial charge >= 0.3 is 0 Å². The van der Waals surface area contributed by atoms with Crippen molar-refractivity contribution in [3.05, 3.63) is 28.7 Å². The van der Waals surface area contributed by atoms with E-state index < -0.39 is 0 Å². The predicted octanol–water partition coefficient (Wildman–Crippen LogP) is 2.52. The average Bonchev–Trinajstić information content (AvgIpc) is 2.60. The Kier molecular flexibility index (Phi) is 4.13. The van der Waals surface area contributed by atoms with E-state index in [1.165, 1.54) is 0 Å². The standard InChI is InChI=1S/C10H13ClN4.ClH/c1-3-7(12)8-4-9-13-10(11)6(2)5-15(9)14-8;/h4-5,7H,3,12H2,1-2H3;1H/t7-;/m0./s1. The fourth-order valence-electron chi connectivity index (χ4n) is 1.40. The van der Waals surface area contributed by atoms with Gasteiger partial charge in [-0.05, 0) is 13.3 Å². The fraction of sp³-hybridized carbons (Fsp3) is 0.400. The first-order valence-electron chi connectivity index (χ1n) is 4.89. The number of hydrogen-bond acceptors (Lipinski definition) is 3. The van der Waals surface area contributed by atoms with Gasteiger partial charge in [0, 0.05) is 23.9 Å². The van der Waals surface area contributed by atoms with Crippen LogP contribution in [-0.4, -0.2) is 14.6 Å². The van der Waals surface area contributed by atoms with E-state index >= 15 is 0 Å². The number of aryl methyl sites for hydroxylation is 1. The molecule has 1 atom stereocenters. The summed E-state index contributed by atoms with van der Waals surface area (Å²) in [6.07, 6.45) is 2.72. The number of aromatic nitrogens is 3. The molecule has 2 N–H and O–H groups in total. The zero-order valence-electron chi connectivity index (χ0n) is 9.14. The molecule has 0 saturated heterocycles. The van der Waals surface area contributed by atoms with Crippen LogP contribution in [0.4, 0.5) is 0 Å². The molecule has 2 aromatic rings. The monoisotopic (exact) mass is 260 g/mol. The summed E-state index contributed by atoms with van der Waals surface area (Å²) in [7, 11) is 0. The van der Waals surface area contributed by atoms with E-state index in [2.05, 4.69) is 10.1 Å². The van der Waals surface area contributed by atoms with Crippen molar-refractivity contribution in [2.45, 2.75) is 26.3 Å². The van der Waals surface area contributed by atoms with Crippen molar-refractivity contribution in [3.63, 3.8) is 0 Å². The number of hydrogen-bond donors (Lipinski definition) is 1. The molecule has 88 valence electrons. The third-order valence-electron chi connectivity index (χ3n) is 2.41. The molecule has 2 aromatic heterocycles. The van der Waals surface area contributed by atoms with Gasteiger partial charge in [0.25, 0.3) is 0 Å². The minimum absolute atomic E-state index is 0. The largest absolute Gasteiger partial charge is 0.323 e. The Labute approximate surface area is 105 Å². The van der Waals surface area contributed by atoms with Gasteiger partial charge in [-0.15, -0.1) is 12.4 Å². The Hall–Kier alpha value is -0.840. The molecule has 0 saturated carbocycles. The lowest BCUT2D eigenvalue weighted by molar-refractivity contribution is 0.664. The zero-order valence-corrected chi connectivity index (χ0v) is 10.7. The van der Waals surface area contributed by atoms with Crippen LogP contribution in [0.5, 0.6) is 0 Å². The highest BCUT2D eigenvalue weighted by atomic mass is 35.5. The maximum absolute atomic E-state index is 5.93. The van der Waals surface area contributed by atoms with Gasteiger partial charge in [-0.1, -0.05) is 18.5 Å². The van der Waals surface area contributed by atoms with Crippen molar-refractivity contribution < 1.29 is 0 Å². The van der Waals surface area contributed by atoms with Gasteiger partial charge in [0.1, 0.15) is 5.15 Å². The van der Waals surface area contributed by atoms with Gasteiger partial charge in [0.15, 0.2) is 5.65 Å². The van der Waals surface area contributed by atoms with Crippen LogP contribution in [0.2, 0.25) is 5.15 Å². The van der Waals surface area contributed by atoms with E-state index in [0.717, 1.165) is 23.3 Å². The van der Waals surface area contributed by atoms with E-state index in [4.69, 9.17) is 17.3 Å². The highest BCUT2D eigenvalue weighted by molar-refractivity contribution is 6.30. The van der Waals surface area contributed by atoms with E-state index in [0.29, 0.717) is 5.15 Å². The normalized spacial score (nSPS) is 12.5. The lowest BCUT2D eigenvalue weighted by Gasteiger charge is -2.01. The SMILES string of the molecule is CC[C@H](N)c1cc2nc(Cl)c(C)cn2n1.Cl. The molecule has 0 bridgehead atoms. The summed E-state index contributed by atoms with van der Waals surface area (Å²) in [5.41, 5.74) is 8.40. The van der Waals surface area contributed by atoms with E-state index in [1.807, 2.05) is 26.1 Å². The topological polar surface area (TPSA) is 56.2 Å². The molecule has 0 radical (unpaired) electrons. The Morgan fingerprint density at radius 3 is 2.88 bits per heavy atom. The van der Waals surface area contributed by atoms with Crippen LogP contribution >= 0.6 is 24.0 Å². The van der Waals surface area contributed by atoms with Crippen molar-refractivity contribution in [3.8, 4) is 0 Å². The molecule has 2 rings (SSSR count). The third kappa shape index (κ3) is 2.29. The van der Waals surface area contributed by atoms with Crippen LogP contribution in [0.15, 0.2) is 12.3 Å². The summed E-state index contributed by atoms with van der Waals surface area (Å²) >= 11 is 5.93. The Morgan fingerprint density at radius 2 is 2.25 bits per heavy atom. The number of halogens is 2. The van der Waals surface area contributed by atoms with Crippen molar-refractivity contribution >= 4 is 29.7 Å². The molecule has 16 heavy (non-hydrogen) atoms. The Morgan fingerprint density at radius 1 is 1.56 bits per heavy atom. The molecule has 0 aliphatic heterocycles. The lowest BCUT2D eigenvalue weighted by Crippen LogP contribution is -2.09. The van der Waals surface area contributed by atoms with Crippen LogP contribution in [0.25, 0.3) is 5.65 Å². The van der Waals surface area contributed by atoms with Gasteiger partial charge in [0.05, 0.1) is 5.69 Å². The lowest BCUT2D eigenvalue weighted by atomic mass is 10.2. The molecular weight excluding hydrogens is 247 g/mol. The second-order valence-corrected chi connectivity index (χ2v) is 3.96. The molecule has 6 heteroatoms. The number of rotatable bonds is 2. The maximum Gasteiger partial charge on any atom is 0.157 e. The highest BCUT2D eigenvalue weighted by Crippen LogP contribution is 2.17. The first-order chi connectivity index (χ1) is 7.11. The molecule has 0 fully saturated rings. The highest BCUT2D eigenvalue weighted by Gasteiger charge is 2.10. The van der Waals surface area contributed by atoms with Crippen molar-refractivity contribution in [2.75, 3.05) is 0 Å².